The number of likely N-dealkylation sites (N-methyl/N-ethyl adjacent to an activating group) is 1. The first kappa shape index (κ1) is 28.6. The van der Waals surface area contributed by atoms with Crippen LogP contribution >= 0.6 is 0 Å². The number of aromatic nitrogens is 2. The smallest absolute Gasteiger partial charge is 0.253 e. The summed E-state index contributed by atoms with van der Waals surface area (Å²) in [5.74, 6) is -0.161. The summed E-state index contributed by atoms with van der Waals surface area (Å²) in [6.07, 6.45) is 5.91. The number of amides is 1. The first-order valence-electron chi connectivity index (χ1n) is 13.9. The standard InChI is InChI=1S/C33H36N4O4/c1-37(18-15-29-6-2-3-17-35-29)22-30-19-31(26-11-9-25(23-38)10-12-26)41-33(40-30)27-13-7-24(8-14-27)20-36-32(39)28-5-4-16-34-21-28/h2-14,16-17,21,30-31,33,38H,15,18-20,22-23H2,1H3,(H,36,39)/t30-,31+,33+/m0/s1. The summed E-state index contributed by atoms with van der Waals surface area (Å²) in [6, 6.07) is 25.4. The predicted octanol–water partition coefficient (Wildman–Crippen LogP) is 4.62. The van der Waals surface area contributed by atoms with Crippen LogP contribution in [-0.4, -0.2) is 52.1 Å². The molecule has 212 valence electrons. The second-order valence-corrected chi connectivity index (χ2v) is 10.3. The fraction of sp³-hybridized carbons (Fsp3) is 0.303. The number of benzene rings is 2. The Bertz CT molecular complexity index is 1370. The van der Waals surface area contributed by atoms with Gasteiger partial charge < -0.3 is 24.8 Å². The number of nitrogens with one attached hydrogen (secondary N) is 1. The Hall–Kier alpha value is -3.95. The molecule has 1 fully saturated rings. The van der Waals surface area contributed by atoms with Gasteiger partial charge in [-0.1, -0.05) is 54.6 Å². The van der Waals surface area contributed by atoms with Crippen LogP contribution in [0.25, 0.3) is 0 Å². The van der Waals surface area contributed by atoms with E-state index in [0.717, 1.165) is 53.9 Å². The molecule has 1 aliphatic rings. The van der Waals surface area contributed by atoms with Crippen molar-refractivity contribution in [1.82, 2.24) is 20.2 Å². The Morgan fingerprint density at radius 3 is 2.44 bits per heavy atom. The summed E-state index contributed by atoms with van der Waals surface area (Å²) >= 11 is 0. The zero-order valence-corrected chi connectivity index (χ0v) is 23.2. The second kappa shape index (κ2) is 14.1. The lowest BCUT2D eigenvalue weighted by atomic mass is 9.99. The van der Waals surface area contributed by atoms with E-state index in [1.54, 1.807) is 24.5 Å². The van der Waals surface area contributed by atoms with Crippen LogP contribution in [-0.2, 0) is 29.0 Å². The summed E-state index contributed by atoms with van der Waals surface area (Å²) in [5.41, 5.74) is 5.43. The first-order chi connectivity index (χ1) is 20.1. The predicted molar refractivity (Wildman–Crippen MR) is 156 cm³/mol. The van der Waals surface area contributed by atoms with Gasteiger partial charge in [0, 0.05) is 62.3 Å². The molecular formula is C33H36N4O4. The third-order valence-corrected chi connectivity index (χ3v) is 7.23. The number of rotatable bonds is 11. The minimum absolute atomic E-state index is 0.0102. The molecule has 8 nitrogen and oxygen atoms in total. The molecule has 5 rings (SSSR count). The monoisotopic (exact) mass is 552 g/mol. The van der Waals surface area contributed by atoms with Gasteiger partial charge in [-0.15, -0.1) is 0 Å². The van der Waals surface area contributed by atoms with Crippen LogP contribution in [0.4, 0.5) is 0 Å². The number of aliphatic hydroxyl groups excluding tert-OH is 1. The maximum atomic E-state index is 12.4. The number of hydrogen-bond donors (Lipinski definition) is 2. The Morgan fingerprint density at radius 2 is 1.73 bits per heavy atom. The summed E-state index contributed by atoms with van der Waals surface area (Å²) in [5, 5.41) is 12.4. The van der Waals surface area contributed by atoms with Crippen molar-refractivity contribution in [2.75, 3.05) is 20.1 Å². The van der Waals surface area contributed by atoms with Gasteiger partial charge in [-0.3, -0.25) is 14.8 Å². The van der Waals surface area contributed by atoms with Crippen molar-refractivity contribution in [1.29, 1.82) is 0 Å². The Labute approximate surface area is 241 Å². The van der Waals surface area contributed by atoms with Gasteiger partial charge in [-0.25, -0.2) is 0 Å². The summed E-state index contributed by atoms with van der Waals surface area (Å²) in [4.78, 5) is 23.1. The number of ether oxygens (including phenoxy) is 2. The van der Waals surface area contributed by atoms with Crippen LogP contribution < -0.4 is 5.32 Å². The maximum Gasteiger partial charge on any atom is 0.253 e. The van der Waals surface area contributed by atoms with E-state index in [2.05, 4.69) is 33.3 Å². The van der Waals surface area contributed by atoms with Crippen molar-refractivity contribution in [2.45, 2.75) is 44.5 Å². The SMILES string of the molecule is CN(CCc1ccccn1)C[C@@H]1C[C@H](c2ccc(CO)cc2)O[C@H](c2ccc(CNC(=O)c3cccnc3)cc2)O1. The van der Waals surface area contributed by atoms with Gasteiger partial charge in [0.1, 0.15) is 0 Å². The van der Waals surface area contributed by atoms with Crippen molar-refractivity contribution in [2.24, 2.45) is 0 Å². The minimum Gasteiger partial charge on any atom is -0.392 e. The van der Waals surface area contributed by atoms with Crippen LogP contribution in [0.2, 0.25) is 0 Å². The second-order valence-electron chi connectivity index (χ2n) is 10.3. The molecule has 4 aromatic rings. The highest BCUT2D eigenvalue weighted by Crippen LogP contribution is 2.38. The topological polar surface area (TPSA) is 96.8 Å². The van der Waals surface area contributed by atoms with Crippen molar-refractivity contribution < 1.29 is 19.4 Å². The van der Waals surface area contributed by atoms with E-state index in [0.29, 0.717) is 12.1 Å². The highest BCUT2D eigenvalue weighted by Gasteiger charge is 2.32. The van der Waals surface area contributed by atoms with Crippen LogP contribution in [0, 0.1) is 0 Å². The van der Waals surface area contributed by atoms with Gasteiger partial charge in [-0.2, -0.15) is 0 Å². The molecule has 2 aromatic heterocycles. The highest BCUT2D eigenvalue weighted by atomic mass is 16.7. The van der Waals surface area contributed by atoms with Crippen LogP contribution in [0.3, 0.4) is 0 Å². The van der Waals surface area contributed by atoms with E-state index in [4.69, 9.17) is 9.47 Å². The molecule has 0 saturated carbocycles. The lowest BCUT2D eigenvalue weighted by molar-refractivity contribution is -0.252. The molecule has 0 radical (unpaired) electrons. The Kier molecular flexibility index (Phi) is 9.82. The molecule has 41 heavy (non-hydrogen) atoms. The molecule has 0 unspecified atom stereocenters. The average molecular weight is 553 g/mol. The zero-order chi connectivity index (χ0) is 28.4. The molecular weight excluding hydrogens is 516 g/mol. The van der Waals surface area contributed by atoms with Gasteiger partial charge in [-0.05, 0) is 48.0 Å². The summed E-state index contributed by atoms with van der Waals surface area (Å²) in [7, 11) is 2.11. The number of pyridine rings is 2. The molecule has 0 bridgehead atoms. The van der Waals surface area contributed by atoms with Crippen LogP contribution in [0.15, 0.2) is 97.5 Å². The van der Waals surface area contributed by atoms with Gasteiger partial charge >= 0.3 is 0 Å². The molecule has 0 spiro atoms. The molecule has 3 heterocycles. The third-order valence-electron chi connectivity index (χ3n) is 7.23. The molecule has 1 aliphatic heterocycles. The lowest BCUT2D eigenvalue weighted by Crippen LogP contribution is -2.38. The molecule has 0 aliphatic carbocycles. The van der Waals surface area contributed by atoms with E-state index in [9.17, 15) is 9.90 Å². The van der Waals surface area contributed by atoms with Crippen molar-refractivity contribution in [3.63, 3.8) is 0 Å². The quantitative estimate of drug-likeness (QED) is 0.280. The van der Waals surface area contributed by atoms with Crippen LogP contribution in [0.5, 0.6) is 0 Å². The van der Waals surface area contributed by atoms with E-state index >= 15 is 0 Å². The van der Waals surface area contributed by atoms with Crippen molar-refractivity contribution in [3.8, 4) is 0 Å². The Morgan fingerprint density at radius 1 is 0.951 bits per heavy atom. The fourth-order valence-corrected chi connectivity index (χ4v) is 4.90. The summed E-state index contributed by atoms with van der Waals surface area (Å²) in [6.45, 7) is 2.05. The van der Waals surface area contributed by atoms with Gasteiger partial charge in [0.15, 0.2) is 6.29 Å². The number of carbonyl (C=O) groups is 1. The first-order valence-corrected chi connectivity index (χ1v) is 13.9. The molecule has 2 aromatic carbocycles. The number of hydrogen-bond acceptors (Lipinski definition) is 7. The average Bonchev–Trinajstić information content (AvgIpc) is 3.03. The van der Waals surface area contributed by atoms with E-state index in [1.165, 1.54) is 0 Å². The molecule has 3 atom stereocenters. The van der Waals surface area contributed by atoms with Crippen molar-refractivity contribution >= 4 is 5.91 Å². The largest absolute Gasteiger partial charge is 0.392 e. The lowest BCUT2D eigenvalue weighted by Gasteiger charge is -2.38. The van der Waals surface area contributed by atoms with Gasteiger partial charge in [0.25, 0.3) is 5.91 Å². The van der Waals surface area contributed by atoms with Crippen LogP contribution in [0.1, 0.15) is 57.1 Å². The van der Waals surface area contributed by atoms with Crippen molar-refractivity contribution in [3.05, 3.63) is 131 Å². The number of carbonyl (C=O) groups excluding carboxylic acids is 1. The minimum atomic E-state index is -0.528. The molecule has 8 heteroatoms. The number of nitrogens with zero attached hydrogens (tertiary/aromatic N) is 3. The maximum absolute atomic E-state index is 12.4. The van der Waals surface area contributed by atoms with E-state index < -0.39 is 6.29 Å². The molecule has 1 amide bonds. The van der Waals surface area contributed by atoms with Gasteiger partial charge in [0.05, 0.1) is 24.4 Å². The van der Waals surface area contributed by atoms with Gasteiger partial charge in [0.2, 0.25) is 0 Å². The van der Waals surface area contributed by atoms with E-state index in [-0.39, 0.29) is 24.7 Å². The third kappa shape index (κ3) is 8.05. The number of aliphatic hydroxyl groups is 1. The Balaban J connectivity index is 1.24. The molecule has 1 saturated heterocycles. The zero-order valence-electron chi connectivity index (χ0n) is 23.2. The van der Waals surface area contributed by atoms with E-state index in [1.807, 2.05) is 66.9 Å². The highest BCUT2D eigenvalue weighted by molar-refractivity contribution is 5.93. The fourth-order valence-electron chi connectivity index (χ4n) is 4.90. The molecule has 2 N–H and O–H groups in total. The normalized spacial score (nSPS) is 18.8. The summed E-state index contributed by atoms with van der Waals surface area (Å²) < 4.78 is 13.0.